The van der Waals surface area contributed by atoms with Crippen molar-refractivity contribution in [1.29, 1.82) is 0 Å². The number of amides is 2. The van der Waals surface area contributed by atoms with Gasteiger partial charge in [0.25, 0.3) is 0 Å². The maximum absolute atomic E-state index is 12.6. The second-order valence-electron chi connectivity index (χ2n) is 36.4. The predicted molar refractivity (Wildman–Crippen MR) is 487 cm³/mol. The molecule has 10 aromatic rings. The number of pyridine rings is 5. The van der Waals surface area contributed by atoms with Gasteiger partial charge >= 0.3 is 48.9 Å². The number of nitrogens with zero attached hydrogens (tertiary/aromatic N) is 13. The van der Waals surface area contributed by atoms with Gasteiger partial charge in [-0.3, -0.25) is 9.89 Å². The van der Waals surface area contributed by atoms with Crippen LogP contribution in [-0.4, -0.2) is 184 Å². The van der Waals surface area contributed by atoms with Crippen molar-refractivity contribution in [2.24, 2.45) is 28.7 Å². The number of alkyl halides is 3. The largest absolute Gasteiger partial charge is 0.534 e. The molecule has 662 valence electrons. The minimum absolute atomic E-state index is 0.00583. The summed E-state index contributed by atoms with van der Waals surface area (Å²) in [7, 11) is -7.16. The van der Waals surface area contributed by atoms with Gasteiger partial charge in [0.15, 0.2) is 0 Å². The van der Waals surface area contributed by atoms with Gasteiger partial charge in [0.2, 0.25) is 5.88 Å². The van der Waals surface area contributed by atoms with Crippen molar-refractivity contribution >= 4 is 185 Å². The number of nitrogens with one attached hydrogen (secondary N) is 1. The lowest BCUT2D eigenvalue weighted by atomic mass is 9.49. The minimum atomic E-state index is -5.84. The number of aromatic nitrogens is 10. The van der Waals surface area contributed by atoms with Crippen molar-refractivity contribution in [1.82, 2.24) is 65.0 Å². The molecule has 4 saturated heterocycles. The average Bonchev–Trinajstić information content (AvgIpc) is 1.62. The number of rotatable bonds is 7. The molecule has 0 saturated carbocycles. The van der Waals surface area contributed by atoms with Gasteiger partial charge in [-0.15, -0.1) is 56.7 Å². The number of halogens is 4. The van der Waals surface area contributed by atoms with E-state index in [-0.39, 0.29) is 65.7 Å². The highest BCUT2D eigenvalue weighted by Gasteiger charge is 2.64. The molecule has 1 N–H and O–H groups in total. The molecule has 40 heteroatoms. The summed E-state index contributed by atoms with van der Waals surface area (Å²) in [6.45, 7) is 45.9. The number of carbonyl (C=O) groups is 2. The number of allylic oxidation sites excluding steroid dienone is 2. The first-order chi connectivity index (χ1) is 57.3. The zero-order chi connectivity index (χ0) is 89.8. The molecule has 17 heterocycles. The topological polar surface area (TPSA) is 311 Å². The highest BCUT2D eigenvalue weighted by molar-refractivity contribution is 9.10. The standard InChI is InChI=1S/C17H21N3O2S.C12H24B2O4.C12H15BN2O2S.C12H18F3NO5S.C12H15N3S.C12H13N3S.C6H3BrN2S/c1-11-5-6-14(20(9-11)16(21)22-17(2,3)4)12-7-13-15(18-8-12)23-10-19-13;1-9(2)10(3,4)16-13(15-9)14-17-11(5,6)12(7,8)18-14;1-11(2)12(3,4)17-13(16-11)8-5-9-10(14-6-8)18-7-15-9;1-8-5-6-9(21-22(18,19)12(13,14)15)16(7-8)10(17)20-11(2,3)4;2*1-8-2-3-10(13-5-8)9-4-11-12(14-6-9)16-7-15-11;7-4-1-5-6(8-2-4)10-3-9-5/h6-8,10-11H,5,9H2,1-4H3;1-8H3;5-7H,1-4H3;6,8H,5,7H2,1-4H3;4,6-8,10,13H,2-3,5H2,1H3;4,6-8H,2-3,5H2,1H3;1-3H/t;;;;8-,10+;;/m....1../s1. The summed E-state index contributed by atoms with van der Waals surface area (Å²) < 4.78 is 111. The van der Waals surface area contributed by atoms with Gasteiger partial charge in [0, 0.05) is 83.4 Å². The van der Waals surface area contributed by atoms with Gasteiger partial charge in [0.05, 0.1) is 72.4 Å². The second-order valence-corrected chi connectivity index (χ2v) is 43.0. The molecule has 123 heavy (non-hydrogen) atoms. The van der Waals surface area contributed by atoms with Crippen molar-refractivity contribution in [3.63, 3.8) is 0 Å². The first-order valence-corrected chi connectivity index (χ1v) is 47.3. The van der Waals surface area contributed by atoms with E-state index >= 15 is 0 Å². The van der Waals surface area contributed by atoms with Gasteiger partial charge in [-0.2, -0.15) is 21.6 Å². The Labute approximate surface area is 747 Å². The van der Waals surface area contributed by atoms with Crippen molar-refractivity contribution in [3.05, 3.63) is 128 Å². The highest BCUT2D eigenvalue weighted by Crippen LogP contribution is 2.44. The Balaban J connectivity index is 0.000000141. The van der Waals surface area contributed by atoms with Crippen LogP contribution in [0.2, 0.25) is 0 Å². The molecular weight excluding hydrogens is 1760 g/mol. The Morgan fingerprint density at radius 1 is 0.504 bits per heavy atom. The molecule has 5 atom stereocenters. The molecule has 7 aliphatic heterocycles. The third-order valence-electron chi connectivity index (χ3n) is 22.1. The van der Waals surface area contributed by atoms with Crippen molar-refractivity contribution < 1.29 is 72.8 Å². The van der Waals surface area contributed by atoms with Crippen LogP contribution in [0.4, 0.5) is 22.8 Å². The van der Waals surface area contributed by atoms with Gasteiger partial charge in [0.1, 0.15) is 57.4 Å². The monoisotopic (exact) mass is 1870 g/mol. The number of aliphatic imine (C=N–C) groups is 1. The summed E-state index contributed by atoms with van der Waals surface area (Å²) in [5.41, 5.74) is 11.1. The quantitative estimate of drug-likeness (QED) is 0.0880. The summed E-state index contributed by atoms with van der Waals surface area (Å²) in [6.07, 6.45) is 17.3. The van der Waals surface area contributed by atoms with Crippen LogP contribution in [0, 0.1) is 23.7 Å². The number of thiazole rings is 5. The van der Waals surface area contributed by atoms with Crippen LogP contribution >= 0.6 is 72.6 Å². The Hall–Kier alpha value is -7.18. The van der Waals surface area contributed by atoms with E-state index in [0.29, 0.717) is 18.5 Å². The van der Waals surface area contributed by atoms with E-state index in [4.69, 9.17) is 37.4 Å². The van der Waals surface area contributed by atoms with Crippen molar-refractivity contribution in [3.8, 4) is 0 Å². The van der Waals surface area contributed by atoms with Gasteiger partial charge in [-0.1, -0.05) is 33.8 Å². The number of hydrogen-bond acceptors (Lipinski definition) is 30. The Morgan fingerprint density at radius 3 is 1.38 bits per heavy atom. The molecule has 10 aromatic heterocycles. The second kappa shape index (κ2) is 38.8. The fourth-order valence-corrected chi connectivity index (χ4v) is 16.9. The number of hydrogen-bond donors (Lipinski definition) is 1. The minimum Gasteiger partial charge on any atom is -0.443 e. The summed E-state index contributed by atoms with van der Waals surface area (Å²) >= 11 is 11.1. The molecule has 27 nitrogen and oxygen atoms in total. The van der Waals surface area contributed by atoms with Gasteiger partial charge in [-0.05, 0) is 251 Å². The van der Waals surface area contributed by atoms with Crippen LogP contribution in [0.15, 0.2) is 116 Å². The van der Waals surface area contributed by atoms with Gasteiger partial charge < -0.3 is 46.9 Å². The third-order valence-corrected chi connectivity index (χ3v) is 27.2. The van der Waals surface area contributed by atoms with Crippen LogP contribution < -0.4 is 10.8 Å². The number of piperidine rings is 1. The molecule has 0 bridgehead atoms. The number of ether oxygens (including phenoxy) is 2. The summed E-state index contributed by atoms with van der Waals surface area (Å²) in [5.74, 6) is 1.16. The molecule has 7 aliphatic rings. The Bertz CT molecular complexity index is 5470. The van der Waals surface area contributed by atoms with Crippen LogP contribution in [0.25, 0.3) is 57.4 Å². The SMILES string of the molecule is Brc1cnc2scnc2c1.CC1(C)OB(B2OC(C)(C)C(C)(C)O2)OC1(C)C.CC1(C)OB(c2cnc3scnc3c2)OC1(C)C.CC1CC=C(OS(=O)(=O)C(F)(F)F)N(C(=O)OC(C)(C)C)C1.CC1CC=C(c2cnc3scnc3c2)N(C(=O)OC(C)(C)C)C1.CC1CCC(c2cnc3scnc3c2)=NC1.C[C@@H]1CC[C@@H](c2cnc3scnc3c2)NC1. The van der Waals surface area contributed by atoms with Crippen LogP contribution in [0.5, 0.6) is 0 Å². The Kier molecular flexibility index (Phi) is 30.4. The summed E-state index contributed by atoms with van der Waals surface area (Å²) in [4.78, 5) is 79.7. The smallest absolute Gasteiger partial charge is 0.443 e. The van der Waals surface area contributed by atoms with Crippen molar-refractivity contribution in [2.45, 2.75) is 247 Å². The fourth-order valence-electron chi connectivity index (χ4n) is 13.0. The zero-order valence-electron chi connectivity index (χ0n) is 73.6. The van der Waals surface area contributed by atoms with Crippen LogP contribution in [-0.2, 0) is 51.7 Å². The maximum atomic E-state index is 12.6. The van der Waals surface area contributed by atoms with E-state index in [0.717, 1.165) is 127 Å². The van der Waals surface area contributed by atoms with Crippen LogP contribution in [0.1, 0.15) is 214 Å². The molecule has 2 amide bonds. The molecule has 0 aromatic carbocycles. The molecule has 3 unspecified atom stereocenters. The Morgan fingerprint density at radius 2 is 0.919 bits per heavy atom. The van der Waals surface area contributed by atoms with E-state index in [2.05, 4.69) is 119 Å². The fraction of sp³-hybridized carbons (Fsp3) is 0.554. The lowest BCUT2D eigenvalue weighted by Crippen LogP contribution is -2.42. The van der Waals surface area contributed by atoms with Gasteiger partial charge in [-0.25, -0.2) is 64.3 Å². The number of carbonyl (C=O) groups excluding carboxylic acids is 2. The van der Waals surface area contributed by atoms with E-state index in [1.165, 1.54) is 53.2 Å². The van der Waals surface area contributed by atoms with E-state index in [9.17, 15) is 31.2 Å². The first-order valence-electron chi connectivity index (χ1n) is 40.7. The van der Waals surface area contributed by atoms with E-state index < -0.39 is 52.8 Å². The average molecular weight is 1870 g/mol. The lowest BCUT2D eigenvalue weighted by molar-refractivity contribution is -0.0546. The molecule has 0 radical (unpaired) electrons. The lowest BCUT2D eigenvalue weighted by Gasteiger charge is -2.33. The summed E-state index contributed by atoms with van der Waals surface area (Å²) in [5, 5.41) is 3.58. The normalized spacial score (nSPS) is 22.0. The molecule has 17 rings (SSSR count). The maximum Gasteiger partial charge on any atom is 0.534 e. The van der Waals surface area contributed by atoms with E-state index in [1.54, 1.807) is 95.5 Å². The van der Waals surface area contributed by atoms with Crippen LogP contribution in [0.3, 0.4) is 0 Å². The molecule has 0 spiro atoms. The predicted octanol–water partition coefficient (Wildman–Crippen LogP) is 19.6. The third kappa shape index (κ3) is 24.8. The zero-order valence-corrected chi connectivity index (χ0v) is 80.1. The number of fused-ring (bicyclic) bond motifs is 5. The summed E-state index contributed by atoms with van der Waals surface area (Å²) in [6, 6.07) is 10.7. The molecule has 4 fully saturated rings. The highest BCUT2D eigenvalue weighted by atomic mass is 79.9. The van der Waals surface area contributed by atoms with Crippen molar-refractivity contribution in [2.75, 3.05) is 26.2 Å². The molecule has 0 aliphatic carbocycles. The molecular formula is C83H109B3BrF3N14O13S6. The first kappa shape index (κ1) is 96.5. The van der Waals surface area contributed by atoms with E-state index in [1.807, 2.05) is 152 Å².